The molecule has 0 spiro atoms. The van der Waals surface area contributed by atoms with Crippen molar-refractivity contribution in [3.63, 3.8) is 0 Å². The fraction of sp³-hybridized carbons (Fsp3) is 0.235. The molecular formula is C17H18N2O3. The fourth-order valence-electron chi connectivity index (χ4n) is 1.89. The highest BCUT2D eigenvalue weighted by Crippen LogP contribution is 2.16. The van der Waals surface area contributed by atoms with Gasteiger partial charge in [0, 0.05) is 6.08 Å². The average molecular weight is 298 g/mol. The second kappa shape index (κ2) is 6.85. The predicted molar refractivity (Wildman–Crippen MR) is 83.7 cm³/mol. The Hall–Kier alpha value is -2.69. The molecule has 1 aromatic carbocycles. The monoisotopic (exact) mass is 298 g/mol. The standard InChI is InChI=1S/C17H18N2O3/c1-11-12(2)19-16(13(3)18-11)10-22-15-7-4-14(5-8-15)6-9-17(20)21/h4-9H,10H2,1-3H3,(H,20,21)/b9-6+. The first kappa shape index (κ1) is 15.7. The number of hydrogen-bond acceptors (Lipinski definition) is 4. The van der Waals surface area contributed by atoms with Gasteiger partial charge in [-0.2, -0.15) is 0 Å². The number of hydrogen-bond donors (Lipinski definition) is 1. The average Bonchev–Trinajstić information content (AvgIpc) is 2.48. The summed E-state index contributed by atoms with van der Waals surface area (Å²) in [5.74, 6) is -0.268. The highest BCUT2D eigenvalue weighted by molar-refractivity contribution is 5.85. The Bertz CT molecular complexity index is 707. The van der Waals surface area contributed by atoms with Crippen LogP contribution in [-0.2, 0) is 11.4 Å². The van der Waals surface area contributed by atoms with Crippen LogP contribution in [0.4, 0.5) is 0 Å². The lowest BCUT2D eigenvalue weighted by molar-refractivity contribution is -0.131. The molecule has 5 heteroatoms. The molecule has 0 unspecified atom stereocenters. The maximum absolute atomic E-state index is 10.5. The molecule has 2 rings (SSSR count). The van der Waals surface area contributed by atoms with Gasteiger partial charge in [-0.1, -0.05) is 12.1 Å². The van der Waals surface area contributed by atoms with Crippen molar-refractivity contribution < 1.29 is 14.6 Å². The van der Waals surface area contributed by atoms with Crippen molar-refractivity contribution in [1.29, 1.82) is 0 Å². The van der Waals surface area contributed by atoms with Crippen molar-refractivity contribution in [2.24, 2.45) is 0 Å². The van der Waals surface area contributed by atoms with Crippen molar-refractivity contribution in [2.75, 3.05) is 0 Å². The van der Waals surface area contributed by atoms with E-state index in [1.54, 1.807) is 24.3 Å². The summed E-state index contributed by atoms with van der Waals surface area (Å²) < 4.78 is 5.71. The Morgan fingerprint density at radius 3 is 2.36 bits per heavy atom. The van der Waals surface area contributed by atoms with Crippen LogP contribution in [0.1, 0.15) is 28.3 Å². The lowest BCUT2D eigenvalue weighted by atomic mass is 10.2. The number of carboxylic acids is 1. The van der Waals surface area contributed by atoms with Crippen LogP contribution in [0.5, 0.6) is 5.75 Å². The van der Waals surface area contributed by atoms with Gasteiger partial charge < -0.3 is 9.84 Å². The van der Waals surface area contributed by atoms with Gasteiger partial charge in [-0.3, -0.25) is 9.97 Å². The molecule has 5 nitrogen and oxygen atoms in total. The summed E-state index contributed by atoms with van der Waals surface area (Å²) in [7, 11) is 0. The van der Waals surface area contributed by atoms with Crippen LogP contribution >= 0.6 is 0 Å². The van der Waals surface area contributed by atoms with E-state index in [-0.39, 0.29) is 0 Å². The van der Waals surface area contributed by atoms with Gasteiger partial charge in [0.15, 0.2) is 0 Å². The summed E-state index contributed by atoms with van der Waals surface area (Å²) in [4.78, 5) is 19.4. The Labute approximate surface area is 129 Å². The number of aliphatic carboxylic acids is 1. The van der Waals surface area contributed by atoms with E-state index in [1.807, 2.05) is 20.8 Å². The van der Waals surface area contributed by atoms with Crippen molar-refractivity contribution in [1.82, 2.24) is 9.97 Å². The number of benzene rings is 1. The quantitative estimate of drug-likeness (QED) is 0.859. The molecule has 2 aromatic rings. The Morgan fingerprint density at radius 1 is 1.09 bits per heavy atom. The Kier molecular flexibility index (Phi) is 4.88. The molecule has 0 radical (unpaired) electrons. The molecule has 1 heterocycles. The summed E-state index contributed by atoms with van der Waals surface area (Å²) in [6.45, 7) is 6.13. The van der Waals surface area contributed by atoms with Crippen molar-refractivity contribution in [3.05, 3.63) is 58.7 Å². The molecule has 0 aliphatic rings. The maximum atomic E-state index is 10.5. The van der Waals surface area contributed by atoms with Gasteiger partial charge in [-0.15, -0.1) is 0 Å². The summed E-state index contributed by atoms with van der Waals surface area (Å²) in [5.41, 5.74) is 4.31. The molecule has 114 valence electrons. The van der Waals surface area contributed by atoms with E-state index >= 15 is 0 Å². The van der Waals surface area contributed by atoms with E-state index in [4.69, 9.17) is 9.84 Å². The molecule has 0 amide bonds. The summed E-state index contributed by atoms with van der Waals surface area (Å²) in [5, 5.41) is 8.58. The number of nitrogens with zero attached hydrogens (tertiary/aromatic N) is 2. The van der Waals surface area contributed by atoms with Crippen LogP contribution in [0.25, 0.3) is 6.08 Å². The molecule has 22 heavy (non-hydrogen) atoms. The van der Waals surface area contributed by atoms with Crippen LogP contribution in [-0.4, -0.2) is 21.0 Å². The third kappa shape index (κ3) is 4.15. The van der Waals surface area contributed by atoms with Crippen LogP contribution in [0, 0.1) is 20.8 Å². The van der Waals surface area contributed by atoms with Gasteiger partial charge in [0.25, 0.3) is 0 Å². The molecule has 0 atom stereocenters. The second-order valence-electron chi connectivity index (χ2n) is 4.96. The topological polar surface area (TPSA) is 72.3 Å². The highest BCUT2D eigenvalue weighted by Gasteiger charge is 2.06. The van der Waals surface area contributed by atoms with Gasteiger partial charge in [-0.05, 0) is 44.5 Å². The zero-order valence-corrected chi connectivity index (χ0v) is 12.8. The normalized spacial score (nSPS) is 10.9. The van der Waals surface area contributed by atoms with Gasteiger partial charge in [0.1, 0.15) is 12.4 Å². The Balaban J connectivity index is 2.03. The number of ether oxygens (including phenoxy) is 1. The molecule has 0 saturated heterocycles. The summed E-state index contributed by atoms with van der Waals surface area (Å²) >= 11 is 0. The molecule has 0 fully saturated rings. The highest BCUT2D eigenvalue weighted by atomic mass is 16.5. The first-order chi connectivity index (χ1) is 10.5. The van der Waals surface area contributed by atoms with Gasteiger partial charge in [0.2, 0.25) is 0 Å². The van der Waals surface area contributed by atoms with Crippen LogP contribution in [0.15, 0.2) is 30.3 Å². The van der Waals surface area contributed by atoms with Gasteiger partial charge in [0.05, 0.1) is 22.8 Å². The molecule has 0 aliphatic heterocycles. The zero-order valence-electron chi connectivity index (χ0n) is 12.8. The summed E-state index contributed by atoms with van der Waals surface area (Å²) in [6, 6.07) is 7.19. The fourth-order valence-corrected chi connectivity index (χ4v) is 1.89. The largest absolute Gasteiger partial charge is 0.487 e. The Morgan fingerprint density at radius 2 is 1.73 bits per heavy atom. The van der Waals surface area contributed by atoms with E-state index in [2.05, 4.69) is 9.97 Å². The lowest BCUT2D eigenvalue weighted by Crippen LogP contribution is -2.06. The zero-order chi connectivity index (χ0) is 16.1. The van der Waals surface area contributed by atoms with Gasteiger partial charge >= 0.3 is 5.97 Å². The number of rotatable bonds is 5. The first-order valence-electron chi connectivity index (χ1n) is 6.90. The minimum Gasteiger partial charge on any atom is -0.487 e. The van der Waals surface area contributed by atoms with E-state index in [0.717, 1.165) is 34.4 Å². The SMILES string of the molecule is Cc1nc(C)c(COc2ccc(/C=C/C(=O)O)cc2)nc1C. The van der Waals surface area contributed by atoms with Crippen molar-refractivity contribution in [3.8, 4) is 5.75 Å². The number of aryl methyl sites for hydroxylation is 3. The number of carbonyl (C=O) groups is 1. The van der Waals surface area contributed by atoms with Crippen LogP contribution in [0.2, 0.25) is 0 Å². The van der Waals surface area contributed by atoms with Crippen LogP contribution < -0.4 is 4.74 Å². The van der Waals surface area contributed by atoms with Crippen molar-refractivity contribution in [2.45, 2.75) is 27.4 Å². The second-order valence-corrected chi connectivity index (χ2v) is 4.96. The smallest absolute Gasteiger partial charge is 0.328 e. The predicted octanol–water partition coefficient (Wildman–Crippen LogP) is 3.08. The molecule has 0 bridgehead atoms. The molecule has 0 saturated carbocycles. The lowest BCUT2D eigenvalue weighted by Gasteiger charge is -2.10. The van der Waals surface area contributed by atoms with E-state index in [0.29, 0.717) is 12.4 Å². The van der Waals surface area contributed by atoms with Gasteiger partial charge in [-0.25, -0.2) is 4.79 Å². The first-order valence-corrected chi connectivity index (χ1v) is 6.90. The third-order valence-electron chi connectivity index (χ3n) is 3.25. The molecule has 1 N–H and O–H groups in total. The molecule has 0 aliphatic carbocycles. The molecular weight excluding hydrogens is 280 g/mol. The van der Waals surface area contributed by atoms with E-state index in [1.165, 1.54) is 6.08 Å². The van der Waals surface area contributed by atoms with E-state index in [9.17, 15) is 4.79 Å². The minimum absolute atomic E-state index is 0.351. The number of carboxylic acid groups (broad SMARTS) is 1. The minimum atomic E-state index is -0.968. The summed E-state index contributed by atoms with van der Waals surface area (Å²) in [6.07, 6.45) is 2.63. The number of aromatic nitrogens is 2. The van der Waals surface area contributed by atoms with E-state index < -0.39 is 5.97 Å². The van der Waals surface area contributed by atoms with Crippen molar-refractivity contribution >= 4 is 12.0 Å². The third-order valence-corrected chi connectivity index (χ3v) is 3.25. The molecule has 1 aromatic heterocycles. The van der Waals surface area contributed by atoms with Crippen LogP contribution in [0.3, 0.4) is 0 Å². The maximum Gasteiger partial charge on any atom is 0.328 e.